The summed E-state index contributed by atoms with van der Waals surface area (Å²) in [6, 6.07) is 6.12. The largest absolute Gasteiger partial charge is 0.332 e. The minimum absolute atomic E-state index is 0.295. The van der Waals surface area contributed by atoms with Crippen LogP contribution < -0.4 is 11.2 Å². The first-order valence-electron chi connectivity index (χ1n) is 7.32. The van der Waals surface area contributed by atoms with E-state index in [9.17, 15) is 14.0 Å². The fourth-order valence-corrected chi connectivity index (χ4v) is 3.02. The second-order valence-electron chi connectivity index (χ2n) is 5.75. The summed E-state index contributed by atoms with van der Waals surface area (Å²) in [5, 5.41) is 0. The molecule has 0 bridgehead atoms. The molecule has 0 saturated heterocycles. The lowest BCUT2D eigenvalue weighted by molar-refractivity contribution is 0.626. The van der Waals surface area contributed by atoms with E-state index in [1.54, 1.807) is 34.3 Å². The summed E-state index contributed by atoms with van der Waals surface area (Å²) >= 11 is 0. The first kappa shape index (κ1) is 14.4. The van der Waals surface area contributed by atoms with Gasteiger partial charge in [-0.05, 0) is 25.1 Å². The third-order valence-electron chi connectivity index (χ3n) is 4.21. The lowest BCUT2D eigenvalue weighted by Crippen LogP contribution is -2.37. The van der Waals surface area contributed by atoms with E-state index < -0.39 is 11.2 Å². The van der Waals surface area contributed by atoms with Gasteiger partial charge in [-0.1, -0.05) is 6.07 Å². The molecule has 24 heavy (non-hydrogen) atoms. The van der Waals surface area contributed by atoms with Gasteiger partial charge in [-0.25, -0.2) is 9.18 Å². The van der Waals surface area contributed by atoms with Gasteiger partial charge in [0, 0.05) is 26.0 Å². The van der Waals surface area contributed by atoms with Crippen molar-refractivity contribution in [3.63, 3.8) is 0 Å². The van der Waals surface area contributed by atoms with Crippen LogP contribution in [0.2, 0.25) is 0 Å². The van der Waals surface area contributed by atoms with Gasteiger partial charge in [0.15, 0.2) is 11.2 Å². The fraction of sp³-hybridized carbons (Fsp3) is 0.188. The van der Waals surface area contributed by atoms with Gasteiger partial charge in [-0.2, -0.15) is 4.98 Å². The number of benzene rings is 1. The molecular formula is C16H14FN5O2. The van der Waals surface area contributed by atoms with E-state index in [0.717, 1.165) is 10.3 Å². The van der Waals surface area contributed by atoms with Crippen LogP contribution in [0.15, 0.2) is 40.1 Å². The molecule has 8 heteroatoms. The van der Waals surface area contributed by atoms with Gasteiger partial charge in [-0.15, -0.1) is 0 Å². The lowest BCUT2D eigenvalue weighted by atomic mass is 10.3. The number of halogens is 1. The molecule has 7 nitrogen and oxygen atoms in total. The van der Waals surface area contributed by atoms with Crippen molar-refractivity contribution in [1.29, 1.82) is 0 Å². The molecule has 0 aliphatic carbocycles. The molecule has 122 valence electrons. The summed E-state index contributed by atoms with van der Waals surface area (Å²) < 4.78 is 19.3. The first-order valence-corrected chi connectivity index (χ1v) is 7.32. The zero-order valence-electron chi connectivity index (χ0n) is 13.3. The Labute approximate surface area is 134 Å². The monoisotopic (exact) mass is 327 g/mol. The number of imidazole rings is 2. The smallest absolute Gasteiger partial charge is 0.283 e. The van der Waals surface area contributed by atoms with Crippen LogP contribution in [0.4, 0.5) is 4.39 Å². The topological polar surface area (TPSA) is 66.2 Å². The first-order chi connectivity index (χ1) is 11.4. The number of nitrogens with zero attached hydrogens (tertiary/aromatic N) is 5. The van der Waals surface area contributed by atoms with Crippen LogP contribution in [0.3, 0.4) is 0 Å². The van der Waals surface area contributed by atoms with E-state index in [1.165, 1.54) is 23.7 Å². The van der Waals surface area contributed by atoms with E-state index >= 15 is 0 Å². The summed E-state index contributed by atoms with van der Waals surface area (Å²) in [6.45, 7) is 1.85. The van der Waals surface area contributed by atoms with Crippen molar-refractivity contribution in [2.75, 3.05) is 0 Å². The summed E-state index contributed by atoms with van der Waals surface area (Å²) in [6.07, 6.45) is 1.75. The third kappa shape index (κ3) is 1.73. The zero-order chi connectivity index (χ0) is 17.2. The predicted molar refractivity (Wildman–Crippen MR) is 87.2 cm³/mol. The Bertz CT molecular complexity index is 1240. The molecule has 0 atom stereocenters. The Morgan fingerprint density at radius 2 is 1.88 bits per heavy atom. The summed E-state index contributed by atoms with van der Waals surface area (Å²) in [5.41, 5.74) is 1.14. The van der Waals surface area contributed by atoms with Crippen LogP contribution >= 0.6 is 0 Å². The SMILES string of the molecule is Cc1cn2c3c(=O)n(C)c(=O)n(C)c3nc2n1-c1cccc(F)c1. The number of hydrogen-bond acceptors (Lipinski definition) is 3. The molecular weight excluding hydrogens is 313 g/mol. The quantitative estimate of drug-likeness (QED) is 0.526. The van der Waals surface area contributed by atoms with Crippen molar-refractivity contribution < 1.29 is 4.39 Å². The molecule has 4 rings (SSSR count). The average molecular weight is 327 g/mol. The number of fused-ring (bicyclic) bond motifs is 3. The average Bonchev–Trinajstić information content (AvgIpc) is 3.05. The molecule has 0 spiro atoms. The standard InChI is InChI=1S/C16H14FN5O2/c1-9-8-21-12-13(19(2)16(24)20(3)14(12)23)18-15(21)22(9)11-6-4-5-10(17)7-11/h4-8H,1-3H3. The van der Waals surface area contributed by atoms with E-state index in [-0.39, 0.29) is 5.82 Å². The minimum atomic E-state index is -0.442. The maximum atomic E-state index is 13.6. The molecule has 0 amide bonds. The normalized spacial score (nSPS) is 11.7. The van der Waals surface area contributed by atoms with Gasteiger partial charge in [0.25, 0.3) is 5.56 Å². The van der Waals surface area contributed by atoms with Crippen molar-refractivity contribution >= 4 is 16.9 Å². The van der Waals surface area contributed by atoms with Crippen LogP contribution in [0.1, 0.15) is 5.69 Å². The maximum absolute atomic E-state index is 13.6. The van der Waals surface area contributed by atoms with Crippen LogP contribution in [0.25, 0.3) is 22.6 Å². The molecule has 1 aromatic carbocycles. The molecule has 0 saturated carbocycles. The van der Waals surface area contributed by atoms with Crippen molar-refractivity contribution in [3.05, 3.63) is 62.8 Å². The van der Waals surface area contributed by atoms with Crippen LogP contribution in [-0.2, 0) is 14.1 Å². The van der Waals surface area contributed by atoms with E-state index in [0.29, 0.717) is 22.6 Å². The maximum Gasteiger partial charge on any atom is 0.332 e. The molecule has 0 unspecified atom stereocenters. The third-order valence-corrected chi connectivity index (χ3v) is 4.21. The van der Waals surface area contributed by atoms with Gasteiger partial charge in [-0.3, -0.25) is 22.9 Å². The number of hydrogen-bond donors (Lipinski definition) is 0. The van der Waals surface area contributed by atoms with Gasteiger partial charge in [0.2, 0.25) is 5.78 Å². The highest BCUT2D eigenvalue weighted by molar-refractivity contribution is 5.76. The number of aryl methyl sites for hydroxylation is 2. The Balaban J connectivity index is 2.21. The Morgan fingerprint density at radius 1 is 1.12 bits per heavy atom. The Kier molecular flexibility index (Phi) is 2.81. The summed E-state index contributed by atoms with van der Waals surface area (Å²) in [4.78, 5) is 29.1. The second-order valence-corrected chi connectivity index (χ2v) is 5.75. The Morgan fingerprint density at radius 3 is 2.58 bits per heavy atom. The predicted octanol–water partition coefficient (Wildman–Crippen LogP) is 1.12. The van der Waals surface area contributed by atoms with Crippen LogP contribution in [0.5, 0.6) is 0 Å². The minimum Gasteiger partial charge on any atom is -0.283 e. The second kappa shape index (κ2) is 4.67. The van der Waals surface area contributed by atoms with E-state index in [4.69, 9.17) is 0 Å². The van der Waals surface area contributed by atoms with Crippen molar-refractivity contribution in [3.8, 4) is 5.69 Å². The molecule has 0 aliphatic heterocycles. The van der Waals surface area contributed by atoms with Crippen molar-refractivity contribution in [1.82, 2.24) is 23.1 Å². The summed E-state index contributed by atoms with van der Waals surface area (Å²) in [7, 11) is 3.00. The van der Waals surface area contributed by atoms with Gasteiger partial charge in [0.05, 0.1) is 5.69 Å². The highest BCUT2D eigenvalue weighted by atomic mass is 19.1. The van der Waals surface area contributed by atoms with Gasteiger partial charge < -0.3 is 0 Å². The fourth-order valence-electron chi connectivity index (χ4n) is 3.02. The van der Waals surface area contributed by atoms with E-state index in [2.05, 4.69) is 4.98 Å². The number of aromatic nitrogens is 5. The zero-order valence-corrected chi connectivity index (χ0v) is 13.3. The van der Waals surface area contributed by atoms with Crippen LogP contribution in [-0.4, -0.2) is 23.1 Å². The Hall–Kier alpha value is -3.16. The molecule has 3 heterocycles. The molecule has 0 radical (unpaired) electrons. The molecule has 3 aromatic heterocycles. The lowest BCUT2D eigenvalue weighted by Gasteiger charge is -2.05. The van der Waals surface area contributed by atoms with Crippen molar-refractivity contribution in [2.24, 2.45) is 14.1 Å². The molecule has 0 N–H and O–H groups in total. The molecule has 0 aliphatic rings. The highest BCUT2D eigenvalue weighted by Crippen LogP contribution is 2.21. The highest BCUT2D eigenvalue weighted by Gasteiger charge is 2.19. The van der Waals surface area contributed by atoms with E-state index in [1.807, 2.05) is 6.92 Å². The molecule has 0 fully saturated rings. The van der Waals surface area contributed by atoms with Gasteiger partial charge in [0.1, 0.15) is 5.82 Å². The number of rotatable bonds is 1. The van der Waals surface area contributed by atoms with Crippen molar-refractivity contribution in [2.45, 2.75) is 6.92 Å². The molecule has 4 aromatic rings. The summed E-state index contributed by atoms with van der Waals surface area (Å²) in [5.74, 6) is 0.0876. The van der Waals surface area contributed by atoms with Gasteiger partial charge >= 0.3 is 5.69 Å². The van der Waals surface area contributed by atoms with Crippen LogP contribution in [0, 0.1) is 12.7 Å².